The Hall–Kier alpha value is -1.59. The second kappa shape index (κ2) is 8.87. The van der Waals surface area contributed by atoms with E-state index in [4.69, 9.17) is 12.2 Å². The van der Waals surface area contributed by atoms with E-state index < -0.39 is 0 Å². The molecule has 0 bridgehead atoms. The Bertz CT molecular complexity index is 722. The molecule has 1 heterocycles. The van der Waals surface area contributed by atoms with Crippen LogP contribution in [0.5, 0.6) is 0 Å². The first-order chi connectivity index (χ1) is 12.5. The van der Waals surface area contributed by atoms with Crippen LogP contribution in [0.2, 0.25) is 0 Å². The highest BCUT2D eigenvalue weighted by Crippen LogP contribution is 2.24. The fourth-order valence-corrected chi connectivity index (χ4v) is 3.78. The van der Waals surface area contributed by atoms with E-state index in [9.17, 15) is 0 Å². The van der Waals surface area contributed by atoms with E-state index >= 15 is 0 Å². The Morgan fingerprint density at radius 2 is 1.69 bits per heavy atom. The number of hydrogen-bond acceptors (Lipinski definition) is 2. The average Bonchev–Trinajstić information content (AvgIpc) is 2.64. The maximum atomic E-state index is 5.44. The first kappa shape index (κ1) is 19.2. The van der Waals surface area contributed by atoms with Gasteiger partial charge in [0.1, 0.15) is 0 Å². The van der Waals surface area contributed by atoms with Gasteiger partial charge in [-0.1, -0.05) is 35.0 Å². The summed E-state index contributed by atoms with van der Waals surface area (Å²) in [5, 5.41) is 7.22. The molecule has 0 amide bonds. The SMILES string of the molecule is CC1CCN(c2ccc([C@@H](C)NC(=S)Nc3ccc(Br)cc3)cc2)CC1. The predicted octanol–water partition coefficient (Wildman–Crippen LogP) is 5.73. The molecule has 138 valence electrons. The van der Waals surface area contributed by atoms with Crippen molar-refractivity contribution < 1.29 is 0 Å². The first-order valence-electron chi connectivity index (χ1n) is 9.19. The highest BCUT2D eigenvalue weighted by Gasteiger charge is 2.16. The molecular weight excluding hydrogens is 406 g/mol. The van der Waals surface area contributed by atoms with Crippen LogP contribution in [0.1, 0.15) is 38.3 Å². The Labute approximate surface area is 170 Å². The topological polar surface area (TPSA) is 27.3 Å². The predicted molar refractivity (Wildman–Crippen MR) is 119 cm³/mol. The van der Waals surface area contributed by atoms with Gasteiger partial charge in [-0.15, -0.1) is 0 Å². The Morgan fingerprint density at radius 1 is 1.08 bits per heavy atom. The standard InChI is InChI=1S/C21H26BrN3S/c1-15-11-13-25(14-12-15)20-9-3-17(4-10-20)16(2)23-21(26)24-19-7-5-18(22)6-8-19/h3-10,15-16H,11-14H2,1-2H3,(H2,23,24,26)/t16-/m1/s1. The fourth-order valence-electron chi connectivity index (χ4n) is 3.22. The van der Waals surface area contributed by atoms with Crippen LogP contribution in [-0.4, -0.2) is 18.2 Å². The lowest BCUT2D eigenvalue weighted by Gasteiger charge is -2.32. The summed E-state index contributed by atoms with van der Waals surface area (Å²) in [5.74, 6) is 0.856. The van der Waals surface area contributed by atoms with Crippen molar-refractivity contribution in [3.63, 3.8) is 0 Å². The minimum absolute atomic E-state index is 0.154. The maximum Gasteiger partial charge on any atom is 0.171 e. The number of nitrogens with one attached hydrogen (secondary N) is 2. The number of halogens is 1. The summed E-state index contributed by atoms with van der Waals surface area (Å²) in [6, 6.07) is 17.0. The molecule has 5 heteroatoms. The number of hydrogen-bond donors (Lipinski definition) is 2. The zero-order valence-corrected chi connectivity index (χ0v) is 17.7. The van der Waals surface area contributed by atoms with E-state index in [1.54, 1.807) is 0 Å². The Balaban J connectivity index is 1.54. The highest BCUT2D eigenvalue weighted by atomic mass is 79.9. The van der Waals surface area contributed by atoms with Crippen molar-refractivity contribution in [2.75, 3.05) is 23.3 Å². The van der Waals surface area contributed by atoms with E-state index in [0.717, 1.165) is 29.2 Å². The van der Waals surface area contributed by atoms with Gasteiger partial charge in [0, 0.05) is 28.9 Å². The van der Waals surface area contributed by atoms with Crippen molar-refractivity contribution in [3.8, 4) is 0 Å². The number of thiocarbonyl (C=S) groups is 1. The van der Waals surface area contributed by atoms with E-state index in [1.165, 1.54) is 24.1 Å². The molecule has 0 radical (unpaired) electrons. The Morgan fingerprint density at radius 3 is 2.31 bits per heavy atom. The van der Waals surface area contributed by atoms with E-state index in [2.05, 4.69) is 69.6 Å². The van der Waals surface area contributed by atoms with Gasteiger partial charge in [0.05, 0.1) is 6.04 Å². The second-order valence-electron chi connectivity index (χ2n) is 7.09. The van der Waals surface area contributed by atoms with Crippen molar-refractivity contribution >= 4 is 44.6 Å². The lowest BCUT2D eigenvalue weighted by atomic mass is 9.98. The third-order valence-electron chi connectivity index (χ3n) is 4.99. The van der Waals surface area contributed by atoms with Gasteiger partial charge in [-0.3, -0.25) is 0 Å². The fraction of sp³-hybridized carbons (Fsp3) is 0.381. The van der Waals surface area contributed by atoms with Crippen molar-refractivity contribution in [3.05, 3.63) is 58.6 Å². The van der Waals surface area contributed by atoms with Crippen LogP contribution >= 0.6 is 28.1 Å². The van der Waals surface area contributed by atoms with Gasteiger partial charge in [-0.05, 0) is 79.9 Å². The summed E-state index contributed by atoms with van der Waals surface area (Å²) >= 11 is 8.88. The molecule has 1 aliphatic rings. The van der Waals surface area contributed by atoms with Crippen LogP contribution in [-0.2, 0) is 0 Å². The van der Waals surface area contributed by atoms with Gasteiger partial charge < -0.3 is 15.5 Å². The maximum absolute atomic E-state index is 5.44. The third kappa shape index (κ3) is 5.21. The normalized spacial score (nSPS) is 16.2. The van der Waals surface area contributed by atoms with Crippen LogP contribution in [0.3, 0.4) is 0 Å². The lowest BCUT2D eigenvalue weighted by Crippen LogP contribution is -2.33. The highest BCUT2D eigenvalue weighted by molar-refractivity contribution is 9.10. The number of benzene rings is 2. The monoisotopic (exact) mass is 431 g/mol. The van der Waals surface area contributed by atoms with Gasteiger partial charge >= 0.3 is 0 Å². The number of rotatable bonds is 4. The zero-order chi connectivity index (χ0) is 18.5. The lowest BCUT2D eigenvalue weighted by molar-refractivity contribution is 0.438. The molecule has 1 fully saturated rings. The van der Waals surface area contributed by atoms with Crippen LogP contribution in [0.25, 0.3) is 0 Å². The largest absolute Gasteiger partial charge is 0.372 e. The smallest absolute Gasteiger partial charge is 0.171 e. The van der Waals surface area contributed by atoms with Crippen molar-refractivity contribution in [2.24, 2.45) is 5.92 Å². The minimum atomic E-state index is 0.154. The average molecular weight is 432 g/mol. The Kier molecular flexibility index (Phi) is 6.54. The summed E-state index contributed by atoms with van der Waals surface area (Å²) in [6.45, 7) is 6.80. The quantitative estimate of drug-likeness (QED) is 0.603. The second-order valence-corrected chi connectivity index (χ2v) is 8.41. The molecule has 2 aromatic rings. The molecule has 26 heavy (non-hydrogen) atoms. The van der Waals surface area contributed by atoms with E-state index in [-0.39, 0.29) is 6.04 Å². The summed E-state index contributed by atoms with van der Waals surface area (Å²) in [7, 11) is 0. The molecule has 1 aliphatic heterocycles. The molecule has 0 unspecified atom stereocenters. The molecular formula is C21H26BrN3S. The third-order valence-corrected chi connectivity index (χ3v) is 5.74. The molecule has 3 rings (SSSR count). The van der Waals surface area contributed by atoms with Crippen LogP contribution < -0.4 is 15.5 Å². The number of nitrogens with zero attached hydrogens (tertiary/aromatic N) is 1. The van der Waals surface area contributed by atoms with Crippen molar-refractivity contribution in [2.45, 2.75) is 32.7 Å². The molecule has 0 saturated carbocycles. The van der Waals surface area contributed by atoms with Crippen LogP contribution in [0, 0.1) is 5.92 Å². The van der Waals surface area contributed by atoms with Gasteiger partial charge in [-0.25, -0.2) is 0 Å². The van der Waals surface area contributed by atoms with E-state index in [0.29, 0.717) is 5.11 Å². The zero-order valence-electron chi connectivity index (χ0n) is 15.3. The van der Waals surface area contributed by atoms with Gasteiger partial charge in [0.25, 0.3) is 0 Å². The molecule has 3 nitrogen and oxygen atoms in total. The summed E-state index contributed by atoms with van der Waals surface area (Å²) in [4.78, 5) is 2.49. The molecule has 2 N–H and O–H groups in total. The summed E-state index contributed by atoms with van der Waals surface area (Å²) < 4.78 is 1.05. The van der Waals surface area contributed by atoms with Crippen molar-refractivity contribution in [1.29, 1.82) is 0 Å². The number of anilines is 2. The van der Waals surface area contributed by atoms with Crippen molar-refractivity contribution in [1.82, 2.24) is 5.32 Å². The van der Waals surface area contributed by atoms with Crippen LogP contribution in [0.4, 0.5) is 11.4 Å². The number of piperidine rings is 1. The van der Waals surface area contributed by atoms with Crippen LogP contribution in [0.15, 0.2) is 53.0 Å². The first-order valence-corrected chi connectivity index (χ1v) is 10.4. The molecule has 1 atom stereocenters. The molecule has 0 aliphatic carbocycles. The molecule has 1 saturated heterocycles. The van der Waals surface area contributed by atoms with Gasteiger partial charge in [-0.2, -0.15) is 0 Å². The summed E-state index contributed by atoms with van der Waals surface area (Å²) in [6.07, 6.45) is 2.57. The molecule has 2 aromatic carbocycles. The molecule has 0 spiro atoms. The van der Waals surface area contributed by atoms with Gasteiger partial charge in [0.2, 0.25) is 0 Å². The summed E-state index contributed by atoms with van der Waals surface area (Å²) in [5.41, 5.74) is 3.54. The van der Waals surface area contributed by atoms with E-state index in [1.807, 2.05) is 24.3 Å². The molecule has 0 aromatic heterocycles. The minimum Gasteiger partial charge on any atom is -0.372 e. The van der Waals surface area contributed by atoms with Gasteiger partial charge in [0.15, 0.2) is 5.11 Å².